The molecule has 1 N–H and O–H groups in total. The fourth-order valence-corrected chi connectivity index (χ4v) is 3.10. The Bertz CT molecular complexity index is 553. The summed E-state index contributed by atoms with van der Waals surface area (Å²) in [6.45, 7) is 3.88. The van der Waals surface area contributed by atoms with E-state index in [1.165, 1.54) is 11.8 Å². The van der Waals surface area contributed by atoms with E-state index in [0.29, 0.717) is 10.7 Å². The standard InChI is InChI=1S/C12H12N2O2S2/c1-7(2)11-13-6-8(10(14-11)12(15)16)18-9-4-3-5-17-9/h3-7H,1-2H3,(H,15,16). The summed E-state index contributed by atoms with van der Waals surface area (Å²) in [4.78, 5) is 20.1. The maximum absolute atomic E-state index is 11.2. The summed E-state index contributed by atoms with van der Waals surface area (Å²) in [5.74, 6) is -0.342. The van der Waals surface area contributed by atoms with Crippen LogP contribution in [0.2, 0.25) is 0 Å². The Kier molecular flexibility index (Phi) is 3.98. The van der Waals surface area contributed by atoms with E-state index < -0.39 is 5.97 Å². The predicted octanol–water partition coefficient (Wildman–Crippen LogP) is 3.51. The predicted molar refractivity (Wildman–Crippen MR) is 71.5 cm³/mol. The zero-order chi connectivity index (χ0) is 13.1. The maximum atomic E-state index is 11.2. The molecule has 0 aromatic carbocycles. The average molecular weight is 280 g/mol. The van der Waals surface area contributed by atoms with Crippen molar-refractivity contribution in [2.24, 2.45) is 0 Å². The largest absolute Gasteiger partial charge is 0.476 e. The third kappa shape index (κ3) is 2.88. The lowest BCUT2D eigenvalue weighted by molar-refractivity contribution is 0.0685. The molecule has 0 unspecified atom stereocenters. The maximum Gasteiger partial charge on any atom is 0.355 e. The smallest absolute Gasteiger partial charge is 0.355 e. The number of aromatic carboxylic acids is 1. The summed E-state index contributed by atoms with van der Waals surface area (Å²) in [7, 11) is 0. The Balaban J connectivity index is 2.37. The van der Waals surface area contributed by atoms with E-state index in [-0.39, 0.29) is 11.6 Å². The zero-order valence-electron chi connectivity index (χ0n) is 9.95. The van der Waals surface area contributed by atoms with Gasteiger partial charge in [0.15, 0.2) is 5.69 Å². The van der Waals surface area contributed by atoms with Crippen LogP contribution in [0, 0.1) is 0 Å². The fourth-order valence-electron chi connectivity index (χ4n) is 1.32. The van der Waals surface area contributed by atoms with Gasteiger partial charge in [0.1, 0.15) is 5.82 Å². The molecule has 0 amide bonds. The summed E-state index contributed by atoms with van der Waals surface area (Å²) in [6.07, 6.45) is 1.59. The summed E-state index contributed by atoms with van der Waals surface area (Å²) < 4.78 is 1.03. The zero-order valence-corrected chi connectivity index (χ0v) is 11.6. The molecule has 0 aliphatic heterocycles. The highest BCUT2D eigenvalue weighted by atomic mass is 32.2. The van der Waals surface area contributed by atoms with Gasteiger partial charge in [0.2, 0.25) is 0 Å². The van der Waals surface area contributed by atoms with E-state index in [9.17, 15) is 9.90 Å². The van der Waals surface area contributed by atoms with E-state index in [0.717, 1.165) is 4.21 Å². The van der Waals surface area contributed by atoms with Gasteiger partial charge in [0.25, 0.3) is 0 Å². The summed E-state index contributed by atoms with van der Waals surface area (Å²) >= 11 is 2.95. The molecule has 4 nitrogen and oxygen atoms in total. The Morgan fingerprint density at radius 1 is 1.50 bits per heavy atom. The molecular formula is C12H12N2O2S2. The normalized spacial score (nSPS) is 10.8. The lowest BCUT2D eigenvalue weighted by Gasteiger charge is -2.07. The van der Waals surface area contributed by atoms with Crippen LogP contribution in [-0.4, -0.2) is 21.0 Å². The van der Waals surface area contributed by atoms with Crippen LogP contribution in [0.1, 0.15) is 36.1 Å². The fraction of sp³-hybridized carbons (Fsp3) is 0.250. The van der Waals surface area contributed by atoms with Crippen LogP contribution in [-0.2, 0) is 0 Å². The molecule has 0 aliphatic carbocycles. The minimum atomic E-state index is -1.02. The second-order valence-electron chi connectivity index (χ2n) is 3.94. The minimum Gasteiger partial charge on any atom is -0.476 e. The summed E-state index contributed by atoms with van der Waals surface area (Å²) in [6, 6.07) is 3.87. The number of rotatable bonds is 4. The van der Waals surface area contributed by atoms with Crippen LogP contribution in [0.3, 0.4) is 0 Å². The van der Waals surface area contributed by atoms with Crippen molar-refractivity contribution in [1.29, 1.82) is 0 Å². The van der Waals surface area contributed by atoms with E-state index in [1.807, 2.05) is 31.4 Å². The molecule has 0 atom stereocenters. The topological polar surface area (TPSA) is 63.1 Å². The lowest BCUT2D eigenvalue weighted by atomic mass is 10.2. The van der Waals surface area contributed by atoms with Crippen molar-refractivity contribution in [3.05, 3.63) is 35.2 Å². The Hall–Kier alpha value is -1.40. The molecule has 2 aromatic heterocycles. The molecule has 6 heteroatoms. The van der Waals surface area contributed by atoms with Crippen molar-refractivity contribution in [2.75, 3.05) is 0 Å². The summed E-state index contributed by atoms with van der Waals surface area (Å²) in [5, 5.41) is 11.2. The minimum absolute atomic E-state index is 0.0760. The van der Waals surface area contributed by atoms with Gasteiger partial charge in [-0.3, -0.25) is 0 Å². The van der Waals surface area contributed by atoms with E-state index in [2.05, 4.69) is 9.97 Å². The van der Waals surface area contributed by atoms with Crippen molar-refractivity contribution in [3.8, 4) is 0 Å². The highest BCUT2D eigenvalue weighted by Gasteiger charge is 2.16. The molecule has 0 fully saturated rings. The van der Waals surface area contributed by atoms with Gasteiger partial charge in [-0.15, -0.1) is 11.3 Å². The molecule has 2 aromatic rings. The monoisotopic (exact) mass is 280 g/mol. The molecule has 0 spiro atoms. The van der Waals surface area contributed by atoms with Gasteiger partial charge in [-0.25, -0.2) is 14.8 Å². The van der Waals surface area contributed by atoms with Crippen LogP contribution in [0.4, 0.5) is 0 Å². The SMILES string of the molecule is CC(C)c1ncc(Sc2cccs2)c(C(=O)O)n1. The number of carboxylic acid groups (broad SMARTS) is 1. The third-order valence-corrected chi connectivity index (χ3v) is 4.25. The van der Waals surface area contributed by atoms with Crippen molar-refractivity contribution >= 4 is 29.1 Å². The molecule has 18 heavy (non-hydrogen) atoms. The first-order chi connectivity index (χ1) is 8.58. The highest BCUT2D eigenvalue weighted by molar-refractivity contribution is 8.01. The van der Waals surface area contributed by atoms with Gasteiger partial charge in [-0.2, -0.15) is 0 Å². The van der Waals surface area contributed by atoms with Crippen LogP contribution in [0.25, 0.3) is 0 Å². The average Bonchev–Trinajstić information content (AvgIpc) is 2.81. The second-order valence-corrected chi connectivity index (χ2v) is 6.22. The number of carboxylic acids is 1. The molecular weight excluding hydrogens is 268 g/mol. The van der Waals surface area contributed by atoms with Crippen molar-refractivity contribution < 1.29 is 9.90 Å². The quantitative estimate of drug-likeness (QED) is 0.928. The van der Waals surface area contributed by atoms with Crippen molar-refractivity contribution in [2.45, 2.75) is 28.9 Å². The molecule has 0 bridgehead atoms. The number of aromatic nitrogens is 2. The van der Waals surface area contributed by atoms with Crippen LogP contribution < -0.4 is 0 Å². The Morgan fingerprint density at radius 3 is 2.83 bits per heavy atom. The van der Waals surface area contributed by atoms with Gasteiger partial charge in [-0.05, 0) is 11.4 Å². The first-order valence-electron chi connectivity index (χ1n) is 5.39. The van der Waals surface area contributed by atoms with E-state index in [4.69, 9.17) is 0 Å². The van der Waals surface area contributed by atoms with E-state index in [1.54, 1.807) is 17.5 Å². The molecule has 2 rings (SSSR count). The molecule has 0 saturated carbocycles. The Labute approximate surface area is 113 Å². The molecule has 0 saturated heterocycles. The lowest BCUT2D eigenvalue weighted by Crippen LogP contribution is -2.08. The Morgan fingerprint density at radius 2 is 2.28 bits per heavy atom. The summed E-state index contributed by atoms with van der Waals surface area (Å²) in [5.41, 5.74) is 0.0760. The van der Waals surface area contributed by atoms with Gasteiger partial charge in [0, 0.05) is 12.1 Å². The van der Waals surface area contributed by atoms with Gasteiger partial charge in [-0.1, -0.05) is 31.7 Å². The molecule has 94 valence electrons. The van der Waals surface area contributed by atoms with Crippen LogP contribution in [0.5, 0.6) is 0 Å². The second kappa shape index (κ2) is 5.49. The van der Waals surface area contributed by atoms with Gasteiger partial charge < -0.3 is 5.11 Å². The third-order valence-electron chi connectivity index (χ3n) is 2.20. The number of thiophene rings is 1. The number of hydrogen-bond donors (Lipinski definition) is 1. The highest BCUT2D eigenvalue weighted by Crippen LogP contribution is 2.32. The molecule has 0 radical (unpaired) electrons. The van der Waals surface area contributed by atoms with Gasteiger partial charge in [0.05, 0.1) is 9.10 Å². The van der Waals surface area contributed by atoms with Crippen LogP contribution in [0.15, 0.2) is 32.8 Å². The van der Waals surface area contributed by atoms with Crippen LogP contribution >= 0.6 is 23.1 Å². The first kappa shape index (κ1) is 13.0. The van der Waals surface area contributed by atoms with Crippen molar-refractivity contribution in [1.82, 2.24) is 9.97 Å². The molecule has 2 heterocycles. The van der Waals surface area contributed by atoms with Gasteiger partial charge >= 0.3 is 5.97 Å². The number of carbonyl (C=O) groups is 1. The number of hydrogen-bond acceptors (Lipinski definition) is 5. The van der Waals surface area contributed by atoms with E-state index >= 15 is 0 Å². The first-order valence-corrected chi connectivity index (χ1v) is 7.09. The molecule has 0 aliphatic rings. The van der Waals surface area contributed by atoms with Crippen molar-refractivity contribution in [3.63, 3.8) is 0 Å². The number of nitrogens with zero attached hydrogens (tertiary/aromatic N) is 2.